The highest BCUT2D eigenvalue weighted by Crippen LogP contribution is 2.17. The molecule has 0 aliphatic carbocycles. The van der Waals surface area contributed by atoms with Crippen molar-refractivity contribution in [1.29, 1.82) is 0 Å². The summed E-state index contributed by atoms with van der Waals surface area (Å²) in [6, 6.07) is 0. The minimum atomic E-state index is -0.809. The van der Waals surface area contributed by atoms with Crippen LogP contribution in [0.25, 0.3) is 0 Å². The number of unbranched alkanes of at least 4 members (excludes halogenated alkanes) is 27. The molecule has 1 unspecified atom stereocenters. The van der Waals surface area contributed by atoms with E-state index in [-0.39, 0.29) is 31.1 Å². The second kappa shape index (κ2) is 65.3. The summed E-state index contributed by atoms with van der Waals surface area (Å²) >= 11 is 0. The smallest absolute Gasteiger partial charge is 0.306 e. The normalized spacial score (nSPS) is 12.9. The number of allylic oxidation sites excluding steroid dienone is 20. The number of esters is 3. The second-order valence-electron chi connectivity index (χ2n) is 21.3. The first-order chi connectivity index (χ1) is 38.5. The molecule has 78 heavy (non-hydrogen) atoms. The predicted octanol–water partition coefficient (Wildman–Crippen LogP) is 22.4. The number of carbonyl (C=O) groups is 3. The van der Waals surface area contributed by atoms with E-state index in [9.17, 15) is 14.4 Å². The third kappa shape index (κ3) is 62.7. The number of hydrogen-bond donors (Lipinski definition) is 0. The lowest BCUT2D eigenvalue weighted by Gasteiger charge is -2.18. The number of rotatable bonds is 58. The molecule has 1 atom stereocenters. The van der Waals surface area contributed by atoms with Crippen molar-refractivity contribution in [2.24, 2.45) is 0 Å². The van der Waals surface area contributed by atoms with Crippen LogP contribution in [0.15, 0.2) is 122 Å². The molecule has 0 heterocycles. The Morgan fingerprint density at radius 3 is 0.808 bits per heavy atom. The van der Waals surface area contributed by atoms with Gasteiger partial charge in [-0.3, -0.25) is 14.4 Å². The molecule has 0 aliphatic rings. The van der Waals surface area contributed by atoms with Gasteiger partial charge in [-0.2, -0.15) is 0 Å². The summed E-state index contributed by atoms with van der Waals surface area (Å²) in [4.78, 5) is 38.3. The average molecular weight is 1080 g/mol. The summed E-state index contributed by atoms with van der Waals surface area (Å²) < 4.78 is 16.9. The summed E-state index contributed by atoms with van der Waals surface area (Å²) in [6.07, 6.45) is 90.7. The molecule has 0 aromatic heterocycles. The molecule has 6 nitrogen and oxygen atoms in total. The molecule has 0 bridgehead atoms. The number of ether oxygens (including phenoxy) is 3. The Morgan fingerprint density at radius 1 is 0.269 bits per heavy atom. The third-order valence-electron chi connectivity index (χ3n) is 13.7. The van der Waals surface area contributed by atoms with Crippen LogP contribution < -0.4 is 0 Å². The molecule has 0 rings (SSSR count). The Bertz CT molecular complexity index is 1620. The predicted molar refractivity (Wildman–Crippen MR) is 339 cm³/mol. The molecule has 0 amide bonds. The van der Waals surface area contributed by atoms with Crippen LogP contribution in [0.3, 0.4) is 0 Å². The van der Waals surface area contributed by atoms with Crippen molar-refractivity contribution in [3.05, 3.63) is 122 Å². The Labute approximate surface area is 482 Å². The fourth-order valence-corrected chi connectivity index (χ4v) is 8.91. The highest BCUT2D eigenvalue weighted by atomic mass is 16.6. The maximum absolute atomic E-state index is 12.9. The van der Waals surface area contributed by atoms with Crippen LogP contribution in [0, 0.1) is 0 Å². The van der Waals surface area contributed by atoms with Gasteiger partial charge in [-0.25, -0.2) is 0 Å². The Morgan fingerprint density at radius 2 is 0.500 bits per heavy atom. The van der Waals surface area contributed by atoms with Gasteiger partial charge in [-0.1, -0.05) is 290 Å². The van der Waals surface area contributed by atoms with E-state index in [1.807, 2.05) is 0 Å². The molecule has 0 radical (unpaired) electrons. The van der Waals surface area contributed by atoms with E-state index < -0.39 is 6.10 Å². The van der Waals surface area contributed by atoms with Gasteiger partial charge in [-0.05, 0) is 109 Å². The molecule has 0 fully saturated rings. The molecule has 0 aromatic rings. The van der Waals surface area contributed by atoms with Gasteiger partial charge >= 0.3 is 17.9 Å². The Hall–Kier alpha value is -4.19. The zero-order valence-corrected chi connectivity index (χ0v) is 50.9. The summed E-state index contributed by atoms with van der Waals surface area (Å²) in [5.41, 5.74) is 0. The summed E-state index contributed by atoms with van der Waals surface area (Å²) in [5, 5.41) is 0. The van der Waals surface area contributed by atoms with E-state index in [4.69, 9.17) is 14.2 Å². The average Bonchev–Trinajstić information content (AvgIpc) is 3.44. The van der Waals surface area contributed by atoms with Crippen molar-refractivity contribution in [2.75, 3.05) is 13.2 Å². The summed E-state index contributed by atoms with van der Waals surface area (Å²) in [6.45, 7) is 6.38. The van der Waals surface area contributed by atoms with Crippen molar-refractivity contribution in [2.45, 2.75) is 303 Å². The van der Waals surface area contributed by atoms with Crippen LogP contribution in [0.1, 0.15) is 297 Å². The molecule has 0 saturated carbocycles. The summed E-state index contributed by atoms with van der Waals surface area (Å²) in [7, 11) is 0. The monoisotopic (exact) mass is 1080 g/mol. The highest BCUT2D eigenvalue weighted by molar-refractivity contribution is 5.71. The number of hydrogen-bond acceptors (Lipinski definition) is 6. The van der Waals surface area contributed by atoms with E-state index in [1.54, 1.807) is 0 Å². The minimum absolute atomic E-state index is 0.105. The van der Waals surface area contributed by atoms with Gasteiger partial charge in [0.05, 0.1) is 0 Å². The van der Waals surface area contributed by atoms with Crippen molar-refractivity contribution >= 4 is 17.9 Å². The maximum atomic E-state index is 12.9. The Balaban J connectivity index is 4.44. The van der Waals surface area contributed by atoms with Crippen molar-refractivity contribution < 1.29 is 28.6 Å². The molecule has 444 valence electrons. The van der Waals surface area contributed by atoms with Gasteiger partial charge in [0.25, 0.3) is 0 Å². The molecule has 0 saturated heterocycles. The first kappa shape index (κ1) is 73.8. The number of carbonyl (C=O) groups excluding carboxylic acids is 3. The lowest BCUT2D eigenvalue weighted by molar-refractivity contribution is -0.167. The van der Waals surface area contributed by atoms with E-state index in [1.165, 1.54) is 122 Å². The zero-order valence-electron chi connectivity index (χ0n) is 50.9. The molecule has 0 spiro atoms. The van der Waals surface area contributed by atoms with Crippen LogP contribution in [0.4, 0.5) is 0 Å². The van der Waals surface area contributed by atoms with Crippen LogP contribution >= 0.6 is 0 Å². The minimum Gasteiger partial charge on any atom is -0.462 e. The van der Waals surface area contributed by atoms with Crippen LogP contribution in [0.2, 0.25) is 0 Å². The lowest BCUT2D eigenvalue weighted by atomic mass is 10.0. The fourth-order valence-electron chi connectivity index (χ4n) is 8.91. The van der Waals surface area contributed by atoms with Crippen molar-refractivity contribution in [3.63, 3.8) is 0 Å². The fraction of sp³-hybridized carbons (Fsp3) is 0.681. The highest BCUT2D eigenvalue weighted by Gasteiger charge is 2.19. The molecule has 0 aliphatic heterocycles. The largest absolute Gasteiger partial charge is 0.462 e. The van der Waals surface area contributed by atoms with Gasteiger partial charge in [-0.15, -0.1) is 0 Å². The standard InChI is InChI=1S/C72H120O6/c1-4-7-10-13-16-19-22-25-28-30-32-34-36-38-39-41-44-47-50-53-56-59-62-65-71(74)77-68-69(67-76-70(73)64-61-58-55-52-49-46-43-27-24-21-18-15-12-9-6-3)78-72(75)66-63-60-57-54-51-48-45-42-40-37-35-33-31-29-26-23-20-17-14-11-8-5-2/h7,9-10,12,16,18-19,21,25,27-28,32,34,38-39,43-44,47,49,52,69H,4-6,8,11,13-15,17,20,22-24,26,29-31,33,35-37,40-42,45-46,48,50-51,53-68H2,1-3H3/b10-7-,12-9-,19-16-,21-18-,28-25-,34-32-,39-38-,43-27-,47-44-,52-49-. The van der Waals surface area contributed by atoms with Crippen LogP contribution in [0.5, 0.6) is 0 Å². The summed E-state index contributed by atoms with van der Waals surface area (Å²) in [5.74, 6) is -0.962. The lowest BCUT2D eigenvalue weighted by Crippen LogP contribution is -2.30. The quantitative estimate of drug-likeness (QED) is 0.0261. The van der Waals surface area contributed by atoms with Gasteiger partial charge in [0.2, 0.25) is 0 Å². The van der Waals surface area contributed by atoms with E-state index in [2.05, 4.69) is 142 Å². The van der Waals surface area contributed by atoms with Crippen LogP contribution in [-0.4, -0.2) is 37.2 Å². The molecule has 6 heteroatoms. The van der Waals surface area contributed by atoms with E-state index in [0.717, 1.165) is 135 Å². The van der Waals surface area contributed by atoms with E-state index >= 15 is 0 Å². The zero-order chi connectivity index (χ0) is 56.4. The molecule has 0 aromatic carbocycles. The van der Waals surface area contributed by atoms with E-state index in [0.29, 0.717) is 19.3 Å². The van der Waals surface area contributed by atoms with Gasteiger partial charge in [0.15, 0.2) is 6.10 Å². The third-order valence-corrected chi connectivity index (χ3v) is 13.7. The Kier molecular flexibility index (Phi) is 61.8. The molecular formula is C72H120O6. The van der Waals surface area contributed by atoms with Gasteiger partial charge in [0.1, 0.15) is 13.2 Å². The van der Waals surface area contributed by atoms with Gasteiger partial charge in [0, 0.05) is 19.3 Å². The first-order valence-corrected chi connectivity index (χ1v) is 32.5. The van der Waals surface area contributed by atoms with Gasteiger partial charge < -0.3 is 14.2 Å². The maximum Gasteiger partial charge on any atom is 0.306 e. The second-order valence-corrected chi connectivity index (χ2v) is 21.3. The topological polar surface area (TPSA) is 78.9 Å². The molecule has 0 N–H and O–H groups in total. The first-order valence-electron chi connectivity index (χ1n) is 32.5. The van der Waals surface area contributed by atoms with Crippen molar-refractivity contribution in [1.82, 2.24) is 0 Å². The SMILES string of the molecule is CC/C=C\C/C=C\C/C=C\C/C=C\C/C=C\C/C=C\CCCCCCC(=O)OCC(COC(=O)CCCC/C=C\C/C=C\C/C=C\C/C=C\CC)OC(=O)CCCCCCCCCCCCCCCCCCCCCCCC. The molecular weight excluding hydrogens is 961 g/mol. The van der Waals surface area contributed by atoms with Crippen molar-refractivity contribution in [3.8, 4) is 0 Å². The van der Waals surface area contributed by atoms with Crippen LogP contribution in [-0.2, 0) is 28.6 Å².